The smallest absolute Gasteiger partial charge is 0.0445 e. The predicted octanol–water partition coefficient (Wildman–Crippen LogP) is 0.287. The maximum atomic E-state index is 8.54. The van der Waals surface area contributed by atoms with E-state index in [0.29, 0.717) is 6.04 Å². The van der Waals surface area contributed by atoms with Crippen molar-refractivity contribution < 1.29 is 5.11 Å². The van der Waals surface area contributed by atoms with E-state index in [1.807, 2.05) is 0 Å². The molecule has 1 unspecified atom stereocenters. The van der Waals surface area contributed by atoms with Crippen LogP contribution in [0.25, 0.3) is 0 Å². The van der Waals surface area contributed by atoms with Crippen molar-refractivity contribution in [1.82, 2.24) is 5.32 Å². The lowest BCUT2D eigenvalue weighted by Gasteiger charge is -2.04. The predicted molar refractivity (Wildman–Crippen MR) is 37.3 cm³/mol. The van der Waals surface area contributed by atoms with Gasteiger partial charge in [-0.05, 0) is 12.8 Å². The third kappa shape index (κ3) is 1.80. The van der Waals surface area contributed by atoms with Gasteiger partial charge in [0.15, 0.2) is 0 Å². The SMILES string of the molecule is C=C1CNC(CCO)C1. The molecule has 0 amide bonds. The number of hydrogen-bond donors (Lipinski definition) is 2. The molecule has 1 atom stereocenters. The van der Waals surface area contributed by atoms with Crippen LogP contribution in [0.15, 0.2) is 12.2 Å². The Hall–Kier alpha value is -0.340. The highest BCUT2D eigenvalue weighted by Gasteiger charge is 2.15. The number of nitrogens with one attached hydrogen (secondary N) is 1. The van der Waals surface area contributed by atoms with Gasteiger partial charge in [-0.2, -0.15) is 0 Å². The molecule has 1 aliphatic rings. The maximum Gasteiger partial charge on any atom is 0.0445 e. The quantitative estimate of drug-likeness (QED) is 0.522. The Morgan fingerprint density at radius 3 is 3.00 bits per heavy atom. The van der Waals surface area contributed by atoms with Gasteiger partial charge in [-0.3, -0.25) is 0 Å². The summed E-state index contributed by atoms with van der Waals surface area (Å²) in [7, 11) is 0. The second-order valence-electron chi connectivity index (χ2n) is 2.54. The zero-order valence-corrected chi connectivity index (χ0v) is 5.56. The minimum absolute atomic E-state index is 0.283. The molecule has 0 bridgehead atoms. The maximum absolute atomic E-state index is 8.54. The van der Waals surface area contributed by atoms with Crippen molar-refractivity contribution in [3.63, 3.8) is 0 Å². The molecule has 0 aromatic carbocycles. The van der Waals surface area contributed by atoms with Crippen LogP contribution in [0.4, 0.5) is 0 Å². The van der Waals surface area contributed by atoms with Gasteiger partial charge in [0.1, 0.15) is 0 Å². The largest absolute Gasteiger partial charge is 0.396 e. The van der Waals surface area contributed by atoms with Crippen LogP contribution in [0, 0.1) is 0 Å². The summed E-state index contributed by atoms with van der Waals surface area (Å²) in [5.41, 5.74) is 1.26. The van der Waals surface area contributed by atoms with Gasteiger partial charge in [-0.25, -0.2) is 0 Å². The van der Waals surface area contributed by atoms with E-state index >= 15 is 0 Å². The molecule has 1 rings (SSSR count). The second-order valence-corrected chi connectivity index (χ2v) is 2.54. The van der Waals surface area contributed by atoms with E-state index in [1.165, 1.54) is 5.57 Å². The number of rotatable bonds is 2. The molecule has 1 aliphatic heterocycles. The molecule has 2 N–H and O–H groups in total. The Kier molecular flexibility index (Phi) is 2.25. The first-order valence-corrected chi connectivity index (χ1v) is 3.34. The molecule has 1 saturated heterocycles. The van der Waals surface area contributed by atoms with Crippen LogP contribution < -0.4 is 5.32 Å². The topological polar surface area (TPSA) is 32.3 Å². The zero-order valence-electron chi connectivity index (χ0n) is 5.56. The van der Waals surface area contributed by atoms with Crippen LogP contribution in [-0.2, 0) is 0 Å². The lowest BCUT2D eigenvalue weighted by Crippen LogP contribution is -2.21. The van der Waals surface area contributed by atoms with Gasteiger partial charge in [0.25, 0.3) is 0 Å². The molecule has 2 heteroatoms. The van der Waals surface area contributed by atoms with Crippen molar-refractivity contribution >= 4 is 0 Å². The van der Waals surface area contributed by atoms with E-state index in [9.17, 15) is 0 Å². The van der Waals surface area contributed by atoms with Gasteiger partial charge in [0.05, 0.1) is 0 Å². The lowest BCUT2D eigenvalue weighted by molar-refractivity contribution is 0.271. The van der Waals surface area contributed by atoms with E-state index in [0.717, 1.165) is 19.4 Å². The summed E-state index contributed by atoms with van der Waals surface area (Å²) >= 11 is 0. The van der Waals surface area contributed by atoms with E-state index in [1.54, 1.807) is 0 Å². The highest BCUT2D eigenvalue weighted by Crippen LogP contribution is 2.12. The fourth-order valence-electron chi connectivity index (χ4n) is 1.14. The first kappa shape index (κ1) is 6.78. The highest BCUT2D eigenvalue weighted by atomic mass is 16.3. The zero-order chi connectivity index (χ0) is 6.69. The van der Waals surface area contributed by atoms with Crippen molar-refractivity contribution in [2.45, 2.75) is 18.9 Å². The van der Waals surface area contributed by atoms with E-state index in [4.69, 9.17) is 5.11 Å². The van der Waals surface area contributed by atoms with Gasteiger partial charge in [-0.15, -0.1) is 0 Å². The van der Waals surface area contributed by atoms with Crippen molar-refractivity contribution in [1.29, 1.82) is 0 Å². The van der Waals surface area contributed by atoms with Crippen LogP contribution in [0.5, 0.6) is 0 Å². The normalized spacial score (nSPS) is 27.2. The standard InChI is InChI=1S/C7H13NO/c1-6-4-7(2-3-9)8-5-6/h7-9H,1-5H2. The molecule has 0 aliphatic carbocycles. The van der Waals surface area contributed by atoms with Crippen LogP contribution in [-0.4, -0.2) is 24.3 Å². The number of aliphatic hydroxyl groups excluding tert-OH is 1. The van der Waals surface area contributed by atoms with Crippen LogP contribution >= 0.6 is 0 Å². The van der Waals surface area contributed by atoms with Gasteiger partial charge < -0.3 is 10.4 Å². The minimum atomic E-state index is 0.283. The fourth-order valence-corrected chi connectivity index (χ4v) is 1.14. The second kappa shape index (κ2) is 2.99. The summed E-state index contributed by atoms with van der Waals surface area (Å²) in [6.07, 6.45) is 1.90. The molecular formula is C7H13NO. The third-order valence-electron chi connectivity index (χ3n) is 1.65. The fraction of sp³-hybridized carbons (Fsp3) is 0.714. The molecule has 0 spiro atoms. The molecule has 0 saturated carbocycles. The third-order valence-corrected chi connectivity index (χ3v) is 1.65. The first-order valence-electron chi connectivity index (χ1n) is 3.34. The van der Waals surface area contributed by atoms with Gasteiger partial charge >= 0.3 is 0 Å². The van der Waals surface area contributed by atoms with Gasteiger partial charge in [0, 0.05) is 19.2 Å². The van der Waals surface area contributed by atoms with Crippen LogP contribution in [0.1, 0.15) is 12.8 Å². The molecule has 1 fully saturated rings. The molecule has 0 aromatic rings. The molecule has 9 heavy (non-hydrogen) atoms. The van der Waals surface area contributed by atoms with E-state index < -0.39 is 0 Å². The molecule has 0 aromatic heterocycles. The molecule has 0 radical (unpaired) electrons. The van der Waals surface area contributed by atoms with Gasteiger partial charge in [-0.1, -0.05) is 12.2 Å². The summed E-state index contributed by atoms with van der Waals surface area (Å²) in [5.74, 6) is 0. The average Bonchev–Trinajstić information content (AvgIpc) is 2.17. The molecular weight excluding hydrogens is 114 g/mol. The van der Waals surface area contributed by atoms with Crippen molar-refractivity contribution in [3.8, 4) is 0 Å². The molecule has 1 heterocycles. The van der Waals surface area contributed by atoms with Gasteiger partial charge in [0.2, 0.25) is 0 Å². The summed E-state index contributed by atoms with van der Waals surface area (Å²) in [5, 5.41) is 11.8. The van der Waals surface area contributed by atoms with E-state index in [-0.39, 0.29) is 6.61 Å². The minimum Gasteiger partial charge on any atom is -0.396 e. The molecule has 52 valence electrons. The Balaban J connectivity index is 2.22. The van der Waals surface area contributed by atoms with Crippen LogP contribution in [0.3, 0.4) is 0 Å². The van der Waals surface area contributed by atoms with Crippen molar-refractivity contribution in [3.05, 3.63) is 12.2 Å². The van der Waals surface area contributed by atoms with Crippen molar-refractivity contribution in [2.75, 3.05) is 13.2 Å². The summed E-state index contributed by atoms with van der Waals surface area (Å²) in [4.78, 5) is 0. The average molecular weight is 127 g/mol. The molecule has 2 nitrogen and oxygen atoms in total. The van der Waals surface area contributed by atoms with Crippen molar-refractivity contribution in [2.24, 2.45) is 0 Å². The lowest BCUT2D eigenvalue weighted by atomic mass is 10.1. The number of aliphatic hydroxyl groups is 1. The Morgan fingerprint density at radius 2 is 2.56 bits per heavy atom. The summed E-state index contributed by atoms with van der Waals surface area (Å²) in [6.45, 7) is 5.06. The first-order chi connectivity index (χ1) is 4.33. The highest BCUT2D eigenvalue weighted by molar-refractivity contribution is 5.06. The Morgan fingerprint density at radius 1 is 1.78 bits per heavy atom. The summed E-state index contributed by atoms with van der Waals surface area (Å²) in [6, 6.07) is 0.488. The number of hydrogen-bond acceptors (Lipinski definition) is 2. The van der Waals surface area contributed by atoms with E-state index in [2.05, 4.69) is 11.9 Å². The van der Waals surface area contributed by atoms with Crippen LogP contribution in [0.2, 0.25) is 0 Å². The summed E-state index contributed by atoms with van der Waals surface area (Å²) < 4.78 is 0. The monoisotopic (exact) mass is 127 g/mol. The Bertz CT molecular complexity index is 111. The Labute approximate surface area is 55.6 Å².